The van der Waals surface area contributed by atoms with Crippen LogP contribution in [0.5, 0.6) is 5.75 Å². The molecule has 3 heteroatoms. The first-order valence-corrected chi connectivity index (χ1v) is 4.29. The fourth-order valence-electron chi connectivity index (χ4n) is 1.44. The second-order valence-electron chi connectivity index (χ2n) is 3.14. The highest BCUT2D eigenvalue weighted by Gasteiger charge is 2.05. The first-order chi connectivity index (χ1) is 6.70. The Hall–Kier alpha value is -1.77. The summed E-state index contributed by atoms with van der Waals surface area (Å²) in [5.41, 5.74) is 1.22. The predicted molar refractivity (Wildman–Crippen MR) is 53.8 cm³/mol. The van der Waals surface area contributed by atoms with Crippen molar-refractivity contribution in [1.82, 2.24) is 0 Å². The van der Waals surface area contributed by atoms with Crippen LogP contribution < -0.4 is 10.4 Å². The van der Waals surface area contributed by atoms with Gasteiger partial charge in [-0.25, -0.2) is 4.79 Å². The summed E-state index contributed by atoms with van der Waals surface area (Å²) < 4.78 is 10.2. The van der Waals surface area contributed by atoms with E-state index in [9.17, 15) is 4.79 Å². The van der Waals surface area contributed by atoms with E-state index in [2.05, 4.69) is 0 Å². The average Bonchev–Trinajstić information content (AvgIpc) is 2.17. The van der Waals surface area contributed by atoms with Gasteiger partial charge in [-0.05, 0) is 30.7 Å². The maximum absolute atomic E-state index is 11.0. The maximum atomic E-state index is 11.0. The third kappa shape index (κ3) is 1.37. The third-order valence-corrected chi connectivity index (χ3v) is 2.05. The number of rotatable bonds is 1. The number of fused-ring (bicyclic) bond motifs is 1. The van der Waals surface area contributed by atoms with Gasteiger partial charge in [-0.1, -0.05) is 0 Å². The van der Waals surface area contributed by atoms with Gasteiger partial charge in [-0.3, -0.25) is 0 Å². The normalized spacial score (nSPS) is 10.4. The molecular weight excluding hydrogens is 180 g/mol. The minimum absolute atomic E-state index is 0.361. The Bertz CT molecular complexity index is 526. The van der Waals surface area contributed by atoms with Gasteiger partial charge in [0.05, 0.1) is 7.11 Å². The number of methoxy groups -OCH3 is 1. The molecule has 0 saturated heterocycles. The van der Waals surface area contributed by atoms with Crippen LogP contribution in [0.3, 0.4) is 0 Å². The van der Waals surface area contributed by atoms with E-state index < -0.39 is 0 Å². The SMILES string of the molecule is COc1cc(C)cc2ccc(=O)oc12. The molecule has 0 aliphatic carbocycles. The second kappa shape index (κ2) is 3.18. The summed E-state index contributed by atoms with van der Waals surface area (Å²) in [7, 11) is 1.56. The molecule has 2 rings (SSSR count). The summed E-state index contributed by atoms with van der Waals surface area (Å²) in [6.07, 6.45) is 0. The van der Waals surface area contributed by atoms with Gasteiger partial charge in [0.15, 0.2) is 11.3 Å². The molecular formula is C11H10O3. The molecule has 2 aromatic rings. The average molecular weight is 190 g/mol. The number of aryl methyl sites for hydroxylation is 1. The molecule has 1 aromatic heterocycles. The minimum Gasteiger partial charge on any atom is -0.493 e. The van der Waals surface area contributed by atoms with Gasteiger partial charge in [0, 0.05) is 11.5 Å². The third-order valence-electron chi connectivity index (χ3n) is 2.05. The Labute approximate surface area is 80.9 Å². The number of hydrogen-bond acceptors (Lipinski definition) is 3. The van der Waals surface area contributed by atoms with Crippen LogP contribution in [0.1, 0.15) is 5.56 Å². The lowest BCUT2D eigenvalue weighted by Crippen LogP contribution is -1.96. The van der Waals surface area contributed by atoms with E-state index in [1.165, 1.54) is 6.07 Å². The van der Waals surface area contributed by atoms with Gasteiger partial charge < -0.3 is 9.15 Å². The summed E-state index contributed by atoms with van der Waals surface area (Å²) in [5, 5.41) is 0.876. The fraction of sp³-hybridized carbons (Fsp3) is 0.182. The first kappa shape index (κ1) is 8.81. The van der Waals surface area contributed by atoms with E-state index >= 15 is 0 Å². The van der Waals surface area contributed by atoms with Crippen molar-refractivity contribution in [3.8, 4) is 5.75 Å². The molecule has 1 aromatic carbocycles. The largest absolute Gasteiger partial charge is 0.493 e. The lowest BCUT2D eigenvalue weighted by atomic mass is 10.1. The number of benzene rings is 1. The minimum atomic E-state index is -0.361. The monoisotopic (exact) mass is 190 g/mol. The summed E-state index contributed by atoms with van der Waals surface area (Å²) >= 11 is 0. The Kier molecular flexibility index (Phi) is 2.00. The van der Waals surface area contributed by atoms with E-state index in [1.807, 2.05) is 19.1 Å². The Morgan fingerprint density at radius 3 is 2.79 bits per heavy atom. The molecule has 14 heavy (non-hydrogen) atoms. The molecule has 0 amide bonds. The molecule has 0 radical (unpaired) electrons. The zero-order chi connectivity index (χ0) is 10.1. The van der Waals surface area contributed by atoms with Crippen LogP contribution >= 0.6 is 0 Å². The van der Waals surface area contributed by atoms with Crippen LogP contribution in [0, 0.1) is 6.92 Å². The highest BCUT2D eigenvalue weighted by Crippen LogP contribution is 2.25. The molecule has 0 fully saturated rings. The van der Waals surface area contributed by atoms with Gasteiger partial charge >= 0.3 is 5.63 Å². The van der Waals surface area contributed by atoms with Gasteiger partial charge in [0.2, 0.25) is 0 Å². The van der Waals surface area contributed by atoms with Crippen molar-refractivity contribution in [3.05, 3.63) is 40.2 Å². The number of ether oxygens (including phenoxy) is 1. The van der Waals surface area contributed by atoms with Gasteiger partial charge in [0.1, 0.15) is 0 Å². The van der Waals surface area contributed by atoms with Crippen LogP contribution in [0.2, 0.25) is 0 Å². The van der Waals surface area contributed by atoms with Crippen molar-refractivity contribution < 1.29 is 9.15 Å². The zero-order valence-corrected chi connectivity index (χ0v) is 8.03. The zero-order valence-electron chi connectivity index (χ0n) is 8.03. The molecule has 0 aliphatic heterocycles. The van der Waals surface area contributed by atoms with Crippen molar-refractivity contribution in [1.29, 1.82) is 0 Å². The Balaban J connectivity index is 2.88. The first-order valence-electron chi connectivity index (χ1n) is 4.29. The topological polar surface area (TPSA) is 39.4 Å². The molecule has 0 N–H and O–H groups in total. The van der Waals surface area contributed by atoms with Crippen molar-refractivity contribution in [3.63, 3.8) is 0 Å². The highest BCUT2D eigenvalue weighted by atomic mass is 16.5. The van der Waals surface area contributed by atoms with Crippen LogP contribution in [0.25, 0.3) is 11.0 Å². The summed E-state index contributed by atoms with van der Waals surface area (Å²) in [4.78, 5) is 11.0. The van der Waals surface area contributed by atoms with E-state index in [1.54, 1.807) is 13.2 Å². The van der Waals surface area contributed by atoms with Crippen LogP contribution in [-0.2, 0) is 0 Å². The smallest absolute Gasteiger partial charge is 0.336 e. The highest BCUT2D eigenvalue weighted by molar-refractivity contribution is 5.83. The molecule has 3 nitrogen and oxygen atoms in total. The molecule has 0 aliphatic rings. The molecule has 1 heterocycles. The van der Waals surface area contributed by atoms with Crippen molar-refractivity contribution in [2.45, 2.75) is 6.92 Å². The lowest BCUT2D eigenvalue weighted by Gasteiger charge is -2.04. The molecule has 0 spiro atoms. The maximum Gasteiger partial charge on any atom is 0.336 e. The van der Waals surface area contributed by atoms with Crippen molar-refractivity contribution >= 4 is 11.0 Å². The summed E-state index contributed by atoms with van der Waals surface area (Å²) in [6.45, 7) is 1.97. The molecule has 0 unspecified atom stereocenters. The second-order valence-corrected chi connectivity index (χ2v) is 3.14. The van der Waals surface area contributed by atoms with Crippen molar-refractivity contribution in [2.75, 3.05) is 7.11 Å². The standard InChI is InChI=1S/C11H10O3/c1-7-5-8-3-4-10(12)14-11(8)9(6-7)13-2/h3-6H,1-2H3. The van der Waals surface area contributed by atoms with Crippen molar-refractivity contribution in [2.24, 2.45) is 0 Å². The Morgan fingerprint density at radius 2 is 2.07 bits per heavy atom. The number of hydrogen-bond donors (Lipinski definition) is 0. The quantitative estimate of drug-likeness (QED) is 0.646. The van der Waals surface area contributed by atoms with Gasteiger partial charge in [0.25, 0.3) is 0 Å². The van der Waals surface area contributed by atoms with Gasteiger partial charge in [-0.15, -0.1) is 0 Å². The summed E-state index contributed by atoms with van der Waals surface area (Å²) in [5.74, 6) is 0.595. The lowest BCUT2D eigenvalue weighted by molar-refractivity contribution is 0.406. The molecule has 0 bridgehead atoms. The molecule has 0 saturated carbocycles. The van der Waals surface area contributed by atoms with E-state index in [-0.39, 0.29) is 5.63 Å². The summed E-state index contributed by atoms with van der Waals surface area (Å²) in [6, 6.07) is 6.92. The van der Waals surface area contributed by atoms with Crippen LogP contribution in [0.15, 0.2) is 33.5 Å². The molecule has 0 atom stereocenters. The van der Waals surface area contributed by atoms with Gasteiger partial charge in [-0.2, -0.15) is 0 Å². The van der Waals surface area contributed by atoms with E-state index in [0.29, 0.717) is 11.3 Å². The fourth-order valence-corrected chi connectivity index (χ4v) is 1.44. The van der Waals surface area contributed by atoms with Crippen LogP contribution in [-0.4, -0.2) is 7.11 Å². The predicted octanol–water partition coefficient (Wildman–Crippen LogP) is 2.11. The Morgan fingerprint density at radius 1 is 1.29 bits per heavy atom. The van der Waals surface area contributed by atoms with Crippen LogP contribution in [0.4, 0.5) is 0 Å². The van der Waals surface area contributed by atoms with E-state index in [4.69, 9.17) is 9.15 Å². The molecule has 72 valence electrons. The van der Waals surface area contributed by atoms with E-state index in [0.717, 1.165) is 10.9 Å².